The Balaban J connectivity index is 1.72. The molecule has 2 amide bonds. The fourth-order valence-corrected chi connectivity index (χ4v) is 4.14. The topological polar surface area (TPSA) is 107 Å². The Morgan fingerprint density at radius 2 is 1.96 bits per heavy atom. The standard InChI is InChI=1S/C19H19N3O4S/c20-19(24)14-8-9-17(16(11-14)22(25)26)27-12-18(23)21-10-4-7-15(21)13-5-2-1-3-6-13/h1-3,5-6,8-9,11,15H,4,7,10,12H2,(H2,20,24). The van der Waals surface area contributed by atoms with E-state index in [9.17, 15) is 19.7 Å². The maximum atomic E-state index is 12.7. The van der Waals surface area contributed by atoms with Crippen LogP contribution in [0.25, 0.3) is 0 Å². The molecule has 0 radical (unpaired) electrons. The smallest absolute Gasteiger partial charge is 0.283 e. The molecule has 8 heteroatoms. The third-order valence-electron chi connectivity index (χ3n) is 4.55. The highest BCUT2D eigenvalue weighted by molar-refractivity contribution is 8.00. The molecule has 3 rings (SSSR count). The first-order chi connectivity index (χ1) is 13.0. The van der Waals surface area contributed by atoms with Crippen molar-refractivity contribution in [1.82, 2.24) is 4.90 Å². The van der Waals surface area contributed by atoms with Gasteiger partial charge in [-0.25, -0.2) is 0 Å². The Morgan fingerprint density at radius 1 is 1.22 bits per heavy atom. The molecule has 27 heavy (non-hydrogen) atoms. The van der Waals surface area contributed by atoms with E-state index >= 15 is 0 Å². The maximum absolute atomic E-state index is 12.7. The van der Waals surface area contributed by atoms with Crippen LogP contribution in [-0.2, 0) is 4.79 Å². The zero-order valence-corrected chi connectivity index (χ0v) is 15.4. The van der Waals surface area contributed by atoms with E-state index in [1.54, 1.807) is 0 Å². The van der Waals surface area contributed by atoms with Crippen LogP contribution >= 0.6 is 11.8 Å². The van der Waals surface area contributed by atoms with Crippen molar-refractivity contribution in [2.45, 2.75) is 23.8 Å². The van der Waals surface area contributed by atoms with Crippen molar-refractivity contribution >= 4 is 29.3 Å². The largest absolute Gasteiger partial charge is 0.366 e. The number of hydrogen-bond donors (Lipinski definition) is 1. The zero-order chi connectivity index (χ0) is 19.4. The number of thioether (sulfide) groups is 1. The molecule has 0 saturated carbocycles. The normalized spacial score (nSPS) is 16.3. The number of nitro groups is 1. The fraction of sp³-hybridized carbons (Fsp3) is 0.263. The Kier molecular flexibility index (Phi) is 5.75. The number of carbonyl (C=O) groups is 2. The van der Waals surface area contributed by atoms with Crippen LogP contribution in [0.3, 0.4) is 0 Å². The Labute approximate surface area is 160 Å². The van der Waals surface area contributed by atoms with Crippen LogP contribution in [0.2, 0.25) is 0 Å². The molecule has 140 valence electrons. The van der Waals surface area contributed by atoms with E-state index in [0.717, 1.165) is 36.2 Å². The minimum atomic E-state index is -0.728. The molecule has 7 nitrogen and oxygen atoms in total. The van der Waals surface area contributed by atoms with Gasteiger partial charge in [0.15, 0.2) is 0 Å². The maximum Gasteiger partial charge on any atom is 0.283 e. The molecule has 2 aromatic rings. The number of nitrogens with two attached hydrogens (primary N) is 1. The second kappa shape index (κ2) is 8.22. The number of nitro benzene ring substituents is 1. The Hall–Kier alpha value is -2.87. The summed E-state index contributed by atoms with van der Waals surface area (Å²) in [5, 5.41) is 11.3. The summed E-state index contributed by atoms with van der Waals surface area (Å²) >= 11 is 1.10. The summed E-state index contributed by atoms with van der Waals surface area (Å²) < 4.78 is 0. The summed E-state index contributed by atoms with van der Waals surface area (Å²) in [5.41, 5.74) is 6.13. The summed E-state index contributed by atoms with van der Waals surface area (Å²) in [5.74, 6) is -0.687. The number of primary amides is 1. The van der Waals surface area contributed by atoms with Gasteiger partial charge in [-0.15, -0.1) is 11.8 Å². The van der Waals surface area contributed by atoms with Crippen molar-refractivity contribution < 1.29 is 14.5 Å². The van der Waals surface area contributed by atoms with Crippen LogP contribution in [0, 0.1) is 10.1 Å². The minimum Gasteiger partial charge on any atom is -0.366 e. The molecule has 2 N–H and O–H groups in total. The summed E-state index contributed by atoms with van der Waals surface area (Å²) in [6.45, 7) is 0.682. The lowest BCUT2D eigenvalue weighted by Crippen LogP contribution is -2.31. The second-order valence-corrected chi connectivity index (χ2v) is 7.27. The molecular formula is C19H19N3O4S. The van der Waals surface area contributed by atoms with Gasteiger partial charge in [-0.05, 0) is 30.5 Å². The molecule has 1 aliphatic heterocycles. The molecule has 2 aromatic carbocycles. The van der Waals surface area contributed by atoms with Crippen molar-refractivity contribution in [2.24, 2.45) is 5.73 Å². The van der Waals surface area contributed by atoms with E-state index < -0.39 is 10.8 Å². The number of likely N-dealkylation sites (tertiary alicyclic amines) is 1. The van der Waals surface area contributed by atoms with Gasteiger partial charge in [-0.1, -0.05) is 30.3 Å². The number of hydrogen-bond acceptors (Lipinski definition) is 5. The van der Waals surface area contributed by atoms with E-state index in [1.807, 2.05) is 35.2 Å². The van der Waals surface area contributed by atoms with Crippen LogP contribution in [0.5, 0.6) is 0 Å². The van der Waals surface area contributed by atoms with Crippen molar-refractivity contribution in [2.75, 3.05) is 12.3 Å². The quantitative estimate of drug-likeness (QED) is 0.467. The van der Waals surface area contributed by atoms with E-state index in [-0.39, 0.29) is 29.0 Å². The number of carbonyl (C=O) groups excluding carboxylic acids is 2. The van der Waals surface area contributed by atoms with E-state index in [0.29, 0.717) is 11.4 Å². The van der Waals surface area contributed by atoms with Gasteiger partial charge in [0, 0.05) is 18.2 Å². The predicted molar refractivity (Wildman–Crippen MR) is 102 cm³/mol. The molecule has 1 saturated heterocycles. The van der Waals surface area contributed by atoms with Crippen LogP contribution in [0.15, 0.2) is 53.4 Å². The summed E-state index contributed by atoms with van der Waals surface area (Å²) in [6, 6.07) is 14.0. The van der Waals surface area contributed by atoms with Crippen molar-refractivity contribution in [1.29, 1.82) is 0 Å². The van der Waals surface area contributed by atoms with Gasteiger partial charge >= 0.3 is 0 Å². The molecule has 0 bridgehead atoms. The van der Waals surface area contributed by atoms with Crippen molar-refractivity contribution in [3.8, 4) is 0 Å². The van der Waals surface area contributed by atoms with Crippen LogP contribution in [0.1, 0.15) is 34.8 Å². The average molecular weight is 385 g/mol. The molecule has 0 aliphatic carbocycles. The monoisotopic (exact) mass is 385 g/mol. The van der Waals surface area contributed by atoms with Gasteiger partial charge in [0.25, 0.3) is 5.69 Å². The van der Waals surface area contributed by atoms with Crippen LogP contribution < -0.4 is 5.73 Å². The minimum absolute atomic E-state index is 0.0477. The van der Waals surface area contributed by atoms with Gasteiger partial charge in [-0.3, -0.25) is 19.7 Å². The third kappa shape index (κ3) is 4.28. The van der Waals surface area contributed by atoms with Crippen molar-refractivity contribution in [3.05, 3.63) is 69.8 Å². The highest BCUT2D eigenvalue weighted by atomic mass is 32.2. The predicted octanol–water partition coefficient (Wildman–Crippen LogP) is 3.15. The second-order valence-electron chi connectivity index (χ2n) is 6.25. The molecule has 0 aromatic heterocycles. The van der Waals surface area contributed by atoms with Gasteiger partial charge < -0.3 is 10.6 Å². The molecule has 1 fully saturated rings. The molecule has 1 atom stereocenters. The number of amides is 2. The molecule has 1 aliphatic rings. The summed E-state index contributed by atoms with van der Waals surface area (Å²) in [7, 11) is 0. The highest BCUT2D eigenvalue weighted by Crippen LogP contribution is 2.34. The van der Waals surface area contributed by atoms with Gasteiger partial charge in [0.2, 0.25) is 11.8 Å². The summed E-state index contributed by atoms with van der Waals surface area (Å²) in [4.78, 5) is 36.8. The third-order valence-corrected chi connectivity index (χ3v) is 5.60. The van der Waals surface area contributed by atoms with Gasteiger partial charge in [0.1, 0.15) is 0 Å². The van der Waals surface area contributed by atoms with E-state index in [2.05, 4.69) is 0 Å². The molecule has 1 unspecified atom stereocenters. The number of benzene rings is 2. The lowest BCUT2D eigenvalue weighted by atomic mass is 10.0. The van der Waals surface area contributed by atoms with Crippen LogP contribution in [-0.4, -0.2) is 33.9 Å². The molecular weight excluding hydrogens is 366 g/mol. The van der Waals surface area contributed by atoms with Gasteiger partial charge in [-0.2, -0.15) is 0 Å². The Morgan fingerprint density at radius 3 is 2.63 bits per heavy atom. The molecule has 0 spiro atoms. The first-order valence-electron chi connectivity index (χ1n) is 8.53. The lowest BCUT2D eigenvalue weighted by molar-refractivity contribution is -0.387. The first-order valence-corrected chi connectivity index (χ1v) is 9.51. The van der Waals surface area contributed by atoms with Crippen molar-refractivity contribution in [3.63, 3.8) is 0 Å². The van der Waals surface area contributed by atoms with Gasteiger partial charge in [0.05, 0.1) is 21.6 Å². The lowest BCUT2D eigenvalue weighted by Gasteiger charge is -2.25. The number of nitrogens with zero attached hydrogens (tertiary/aromatic N) is 2. The zero-order valence-electron chi connectivity index (χ0n) is 14.5. The fourth-order valence-electron chi connectivity index (χ4n) is 3.24. The molecule has 1 heterocycles. The summed E-state index contributed by atoms with van der Waals surface area (Å²) in [6.07, 6.45) is 1.84. The van der Waals surface area contributed by atoms with E-state index in [1.165, 1.54) is 12.1 Å². The average Bonchev–Trinajstić information content (AvgIpc) is 3.16. The van der Waals surface area contributed by atoms with Crippen LogP contribution in [0.4, 0.5) is 5.69 Å². The van der Waals surface area contributed by atoms with E-state index in [4.69, 9.17) is 5.73 Å². The first kappa shape index (κ1) is 18.9. The highest BCUT2D eigenvalue weighted by Gasteiger charge is 2.30. The SMILES string of the molecule is NC(=O)c1ccc(SCC(=O)N2CCCC2c2ccccc2)c([N+](=O)[O-])c1. The Bertz CT molecular complexity index is 873. The number of rotatable bonds is 6.